The molecule has 0 aliphatic carbocycles. The predicted octanol–water partition coefficient (Wildman–Crippen LogP) is 1.14. The van der Waals surface area contributed by atoms with Crippen LogP contribution in [-0.2, 0) is 0 Å². The fourth-order valence-electron chi connectivity index (χ4n) is 1.09. The van der Waals surface area contributed by atoms with Crippen LogP contribution in [0, 0.1) is 0 Å². The molecule has 0 bridgehead atoms. The van der Waals surface area contributed by atoms with Crippen molar-refractivity contribution in [1.29, 1.82) is 0 Å². The molecule has 0 saturated heterocycles. The van der Waals surface area contributed by atoms with Crippen LogP contribution in [-0.4, -0.2) is 74.5 Å². The minimum Gasteiger partial charge on any atom is -0.396 e. The molecule has 0 aromatic heterocycles. The van der Waals surface area contributed by atoms with Gasteiger partial charge >= 0.3 is 0 Å². The molecule has 0 aliphatic heterocycles. The van der Waals surface area contributed by atoms with Gasteiger partial charge in [0.2, 0.25) is 0 Å². The first-order valence-electron chi connectivity index (χ1n) is 5.48. The van der Waals surface area contributed by atoms with E-state index in [0.717, 1.165) is 17.3 Å². The van der Waals surface area contributed by atoms with E-state index >= 15 is 0 Å². The van der Waals surface area contributed by atoms with Crippen LogP contribution in [0.2, 0.25) is 0 Å². The topological polar surface area (TPSA) is 60.7 Å². The van der Waals surface area contributed by atoms with Crippen molar-refractivity contribution in [3.8, 4) is 0 Å². The fraction of sp³-hybridized carbons (Fsp3) is 1.00. The maximum absolute atomic E-state index is 9.25. The van der Waals surface area contributed by atoms with Crippen LogP contribution < -0.4 is 0 Å². The van der Waals surface area contributed by atoms with E-state index in [2.05, 4.69) is 0 Å². The molecule has 7 heteroatoms. The number of hydrogen-bond donors (Lipinski definition) is 3. The Hall–Kier alpha value is 1.22. The van der Waals surface area contributed by atoms with Gasteiger partial charge in [0.05, 0.1) is 19.8 Å². The Balaban J connectivity index is 3.77. The van der Waals surface area contributed by atoms with E-state index in [4.69, 9.17) is 21.8 Å². The molecule has 0 radical (unpaired) electrons. The molecule has 0 aliphatic rings. The van der Waals surface area contributed by atoms with Gasteiger partial charge in [-0.25, -0.2) is 0 Å². The standard InChI is InChI=1S/C10H21ClO3S3/c11-5-9(7-15-3-1-12)17-10(6-14)8-16-4-2-13/h9-10,12-14H,1-8H2. The lowest BCUT2D eigenvalue weighted by molar-refractivity contribution is 0.300. The number of rotatable bonds is 12. The van der Waals surface area contributed by atoms with Crippen LogP contribution in [0.5, 0.6) is 0 Å². The number of aliphatic hydroxyl groups excluding tert-OH is 3. The number of halogens is 1. The Morgan fingerprint density at radius 1 is 0.882 bits per heavy atom. The molecule has 0 spiro atoms. The van der Waals surface area contributed by atoms with Gasteiger partial charge in [0.25, 0.3) is 0 Å². The monoisotopic (exact) mass is 320 g/mol. The quantitative estimate of drug-likeness (QED) is 0.370. The van der Waals surface area contributed by atoms with E-state index in [1.165, 1.54) is 0 Å². The van der Waals surface area contributed by atoms with Gasteiger partial charge in [-0.15, -0.1) is 23.4 Å². The molecule has 3 N–H and O–H groups in total. The van der Waals surface area contributed by atoms with Crippen LogP contribution in [0.25, 0.3) is 0 Å². The third-order valence-corrected chi connectivity index (χ3v) is 6.45. The van der Waals surface area contributed by atoms with E-state index in [1.54, 1.807) is 35.3 Å². The highest BCUT2D eigenvalue weighted by Gasteiger charge is 2.16. The molecular formula is C10H21ClO3S3. The van der Waals surface area contributed by atoms with Crippen LogP contribution in [0.15, 0.2) is 0 Å². The Kier molecular flexibility index (Phi) is 14.6. The summed E-state index contributed by atoms with van der Waals surface area (Å²) in [6.45, 7) is 0.514. The maximum Gasteiger partial charge on any atom is 0.0558 e. The van der Waals surface area contributed by atoms with Crippen molar-refractivity contribution in [2.24, 2.45) is 0 Å². The Morgan fingerprint density at radius 3 is 1.82 bits per heavy atom. The summed E-state index contributed by atoms with van der Waals surface area (Å²) >= 11 is 10.9. The molecule has 3 nitrogen and oxygen atoms in total. The van der Waals surface area contributed by atoms with Gasteiger partial charge in [0, 0.05) is 39.4 Å². The highest BCUT2D eigenvalue weighted by Crippen LogP contribution is 2.25. The maximum atomic E-state index is 9.25. The molecule has 17 heavy (non-hydrogen) atoms. The molecule has 0 aromatic rings. The average Bonchev–Trinajstić information content (AvgIpc) is 2.36. The third-order valence-electron chi connectivity index (χ3n) is 1.84. The molecular weight excluding hydrogens is 300 g/mol. The van der Waals surface area contributed by atoms with Gasteiger partial charge in [0.1, 0.15) is 0 Å². The van der Waals surface area contributed by atoms with E-state index < -0.39 is 0 Å². The Labute approximate surface area is 121 Å². The number of thioether (sulfide) groups is 3. The summed E-state index contributed by atoms with van der Waals surface area (Å²) in [6, 6.07) is 0. The first-order valence-corrected chi connectivity index (χ1v) is 9.26. The lowest BCUT2D eigenvalue weighted by Gasteiger charge is -2.19. The summed E-state index contributed by atoms with van der Waals surface area (Å²) in [5.74, 6) is 3.73. The minimum atomic E-state index is 0.140. The number of alkyl halides is 1. The minimum absolute atomic E-state index is 0.140. The van der Waals surface area contributed by atoms with Gasteiger partial charge in [-0.2, -0.15) is 23.5 Å². The molecule has 0 aromatic carbocycles. The first-order chi connectivity index (χ1) is 8.28. The Morgan fingerprint density at radius 2 is 1.41 bits per heavy atom. The highest BCUT2D eigenvalue weighted by atomic mass is 35.5. The second-order valence-electron chi connectivity index (χ2n) is 3.31. The third kappa shape index (κ3) is 10.8. The summed E-state index contributed by atoms with van der Waals surface area (Å²) in [5, 5.41) is 27.1. The summed E-state index contributed by atoms with van der Waals surface area (Å²) in [6.07, 6.45) is 0. The lowest BCUT2D eigenvalue weighted by atomic mass is 10.5. The molecule has 0 amide bonds. The number of aliphatic hydroxyl groups is 3. The Bertz CT molecular complexity index is 150. The van der Waals surface area contributed by atoms with Gasteiger partial charge in [0.15, 0.2) is 0 Å². The zero-order valence-electron chi connectivity index (χ0n) is 9.76. The first kappa shape index (κ1) is 18.2. The van der Waals surface area contributed by atoms with Gasteiger partial charge in [-0.3, -0.25) is 0 Å². The SMILES string of the molecule is OCCSCC(CO)SC(CCl)CSCCO. The molecule has 2 unspecified atom stereocenters. The summed E-state index contributed by atoms with van der Waals surface area (Å²) in [4.78, 5) is 0. The smallest absolute Gasteiger partial charge is 0.0558 e. The van der Waals surface area contributed by atoms with Crippen LogP contribution in [0.3, 0.4) is 0 Å². The van der Waals surface area contributed by atoms with Gasteiger partial charge < -0.3 is 15.3 Å². The normalized spacial score (nSPS) is 14.8. The van der Waals surface area contributed by atoms with E-state index in [1.807, 2.05) is 0 Å². The van der Waals surface area contributed by atoms with Crippen LogP contribution in [0.1, 0.15) is 0 Å². The van der Waals surface area contributed by atoms with Crippen LogP contribution >= 0.6 is 46.9 Å². The zero-order chi connectivity index (χ0) is 12.9. The van der Waals surface area contributed by atoms with Crippen molar-refractivity contribution in [2.75, 3.05) is 48.7 Å². The molecule has 2 atom stereocenters. The van der Waals surface area contributed by atoms with Crippen molar-refractivity contribution in [1.82, 2.24) is 0 Å². The fourth-order valence-corrected chi connectivity index (χ4v) is 4.79. The highest BCUT2D eigenvalue weighted by molar-refractivity contribution is 8.05. The summed E-state index contributed by atoms with van der Waals surface area (Å²) < 4.78 is 0. The second-order valence-corrected chi connectivity index (χ2v) is 7.53. The van der Waals surface area contributed by atoms with Crippen molar-refractivity contribution < 1.29 is 15.3 Å². The van der Waals surface area contributed by atoms with E-state index in [9.17, 15) is 5.11 Å². The molecule has 0 rings (SSSR count). The van der Waals surface area contributed by atoms with Gasteiger partial charge in [-0.05, 0) is 0 Å². The van der Waals surface area contributed by atoms with Crippen molar-refractivity contribution in [3.05, 3.63) is 0 Å². The van der Waals surface area contributed by atoms with Crippen molar-refractivity contribution >= 4 is 46.9 Å². The number of hydrogen-bond acceptors (Lipinski definition) is 6. The predicted molar refractivity (Wildman–Crippen MR) is 81.8 cm³/mol. The van der Waals surface area contributed by atoms with E-state index in [-0.39, 0.29) is 25.1 Å². The van der Waals surface area contributed by atoms with Crippen molar-refractivity contribution in [2.45, 2.75) is 10.5 Å². The molecule has 0 saturated carbocycles. The molecule has 0 heterocycles. The van der Waals surface area contributed by atoms with Crippen LogP contribution in [0.4, 0.5) is 0 Å². The summed E-state index contributed by atoms with van der Waals surface area (Å²) in [5.41, 5.74) is 0. The van der Waals surface area contributed by atoms with Crippen molar-refractivity contribution in [3.63, 3.8) is 0 Å². The lowest BCUT2D eigenvalue weighted by Crippen LogP contribution is -2.20. The largest absolute Gasteiger partial charge is 0.396 e. The molecule has 0 fully saturated rings. The zero-order valence-corrected chi connectivity index (χ0v) is 13.0. The summed E-state index contributed by atoms with van der Waals surface area (Å²) in [7, 11) is 0. The van der Waals surface area contributed by atoms with E-state index in [0.29, 0.717) is 16.9 Å². The van der Waals surface area contributed by atoms with Gasteiger partial charge in [-0.1, -0.05) is 0 Å². The average molecular weight is 321 g/mol. The molecule has 104 valence electrons. The second kappa shape index (κ2) is 13.6.